The zero-order valence-corrected chi connectivity index (χ0v) is 17.3. The van der Waals surface area contributed by atoms with E-state index in [9.17, 15) is 9.90 Å². The molecular formula is C23H30N4O3. The Labute approximate surface area is 177 Å². The van der Waals surface area contributed by atoms with Gasteiger partial charge in [-0.1, -0.05) is 35.5 Å². The summed E-state index contributed by atoms with van der Waals surface area (Å²) in [4.78, 5) is 13.8. The molecule has 1 aliphatic heterocycles. The minimum absolute atomic E-state index is 0.0994. The van der Waals surface area contributed by atoms with Gasteiger partial charge in [0.15, 0.2) is 0 Å². The molecule has 3 fully saturated rings. The van der Waals surface area contributed by atoms with Crippen LogP contribution in [0.3, 0.4) is 0 Å². The van der Waals surface area contributed by atoms with Crippen molar-refractivity contribution in [1.82, 2.24) is 19.9 Å². The van der Waals surface area contributed by atoms with Crippen LogP contribution in [0.4, 0.5) is 0 Å². The average molecular weight is 411 g/mol. The molecule has 0 bridgehead atoms. The number of hydrogen-bond acceptors (Lipinski definition) is 5. The molecule has 4 atom stereocenters. The van der Waals surface area contributed by atoms with Crippen molar-refractivity contribution in [2.24, 2.45) is 17.8 Å². The second-order valence-electron chi connectivity index (χ2n) is 9.18. The van der Waals surface area contributed by atoms with Crippen molar-refractivity contribution in [2.75, 3.05) is 26.3 Å². The molecule has 30 heavy (non-hydrogen) atoms. The number of likely N-dealkylation sites (tertiary alicyclic amines) is 1. The van der Waals surface area contributed by atoms with Crippen molar-refractivity contribution < 1.29 is 14.6 Å². The summed E-state index contributed by atoms with van der Waals surface area (Å²) in [6, 6.07) is 10.5. The zero-order valence-electron chi connectivity index (χ0n) is 17.3. The van der Waals surface area contributed by atoms with Gasteiger partial charge < -0.3 is 14.7 Å². The third-order valence-electron chi connectivity index (χ3n) is 6.94. The van der Waals surface area contributed by atoms with E-state index < -0.39 is 6.61 Å². The quantitative estimate of drug-likeness (QED) is 0.756. The lowest BCUT2D eigenvalue weighted by Crippen LogP contribution is -2.38. The van der Waals surface area contributed by atoms with Crippen molar-refractivity contribution >= 4 is 5.91 Å². The second-order valence-corrected chi connectivity index (χ2v) is 9.18. The van der Waals surface area contributed by atoms with Crippen LogP contribution in [0.2, 0.25) is 0 Å². The van der Waals surface area contributed by atoms with Gasteiger partial charge in [0.25, 0.3) is 0 Å². The van der Waals surface area contributed by atoms with E-state index in [0.29, 0.717) is 17.8 Å². The van der Waals surface area contributed by atoms with E-state index in [1.54, 1.807) is 0 Å². The van der Waals surface area contributed by atoms with E-state index in [1.807, 2.05) is 27.8 Å². The number of nitrogens with zero attached hydrogens (tertiary/aromatic N) is 4. The molecule has 0 radical (unpaired) electrons. The van der Waals surface area contributed by atoms with Gasteiger partial charge in [0.05, 0.1) is 17.8 Å². The topological polar surface area (TPSA) is 80.5 Å². The highest BCUT2D eigenvalue weighted by Gasteiger charge is 2.45. The first-order valence-corrected chi connectivity index (χ1v) is 11.1. The van der Waals surface area contributed by atoms with E-state index in [4.69, 9.17) is 4.74 Å². The number of ether oxygens (including phenoxy) is 1. The summed E-state index contributed by atoms with van der Waals surface area (Å²) in [6.07, 6.45) is 7.35. The van der Waals surface area contributed by atoms with Crippen molar-refractivity contribution in [3.05, 3.63) is 47.8 Å². The van der Waals surface area contributed by atoms with Crippen LogP contribution in [-0.2, 0) is 16.0 Å². The lowest BCUT2D eigenvalue weighted by atomic mass is 9.77. The molecule has 5 rings (SSSR count). The van der Waals surface area contributed by atoms with Crippen LogP contribution in [0.25, 0.3) is 0 Å². The van der Waals surface area contributed by atoms with E-state index in [2.05, 4.69) is 28.6 Å². The smallest absolute Gasteiger partial charge is 0.248 e. The number of fused-ring (bicyclic) bond motifs is 1. The molecule has 7 heteroatoms. The first-order valence-electron chi connectivity index (χ1n) is 11.1. The lowest BCUT2D eigenvalue weighted by Gasteiger charge is -2.37. The van der Waals surface area contributed by atoms with Crippen LogP contribution in [-0.4, -0.2) is 63.3 Å². The van der Waals surface area contributed by atoms with Gasteiger partial charge in [0.1, 0.15) is 6.61 Å². The molecule has 7 nitrogen and oxygen atoms in total. The van der Waals surface area contributed by atoms with Crippen molar-refractivity contribution in [3.8, 4) is 0 Å². The number of benzene rings is 1. The van der Waals surface area contributed by atoms with Gasteiger partial charge in [-0.25, -0.2) is 4.68 Å². The normalized spacial score (nSPS) is 28.5. The van der Waals surface area contributed by atoms with Crippen LogP contribution < -0.4 is 0 Å². The summed E-state index contributed by atoms with van der Waals surface area (Å²) in [5.41, 5.74) is 2.19. The molecule has 0 unspecified atom stereocenters. The number of carbonyl (C=O) groups excluding carboxylic acids is 1. The highest BCUT2D eigenvalue weighted by molar-refractivity contribution is 5.77. The number of hydrogen-bond donors (Lipinski definition) is 1. The molecular weight excluding hydrogens is 380 g/mol. The van der Waals surface area contributed by atoms with Gasteiger partial charge in [-0.15, -0.1) is 5.10 Å². The minimum Gasteiger partial charge on any atom is -0.387 e. The summed E-state index contributed by atoms with van der Waals surface area (Å²) in [7, 11) is 0. The molecule has 0 spiro atoms. The molecule has 3 aliphatic rings. The third-order valence-corrected chi connectivity index (χ3v) is 6.94. The predicted molar refractivity (Wildman–Crippen MR) is 111 cm³/mol. The number of aliphatic hydroxyl groups is 1. The average Bonchev–Trinajstić information content (AvgIpc) is 3.33. The Balaban J connectivity index is 1.31. The third kappa shape index (κ3) is 4.27. The molecule has 2 aromatic rings. The maximum atomic E-state index is 12.0. The molecule has 1 aromatic heterocycles. The highest BCUT2D eigenvalue weighted by atomic mass is 16.5. The zero-order chi connectivity index (χ0) is 20.5. The summed E-state index contributed by atoms with van der Waals surface area (Å²) in [5, 5.41) is 18.2. The largest absolute Gasteiger partial charge is 0.387 e. The number of carbonyl (C=O) groups is 1. The van der Waals surface area contributed by atoms with Gasteiger partial charge in [-0.3, -0.25) is 4.79 Å². The Bertz CT molecular complexity index is 866. The molecule has 160 valence electrons. The molecule has 1 saturated heterocycles. The minimum atomic E-state index is -0.406. The van der Waals surface area contributed by atoms with Crippen LogP contribution >= 0.6 is 0 Å². The predicted octanol–water partition coefficient (Wildman–Crippen LogP) is 2.07. The fraction of sp³-hybridized carbons (Fsp3) is 0.609. The van der Waals surface area contributed by atoms with Crippen molar-refractivity contribution in [2.45, 2.75) is 44.2 Å². The maximum absolute atomic E-state index is 12.0. The van der Waals surface area contributed by atoms with Gasteiger partial charge in [0, 0.05) is 32.3 Å². The Morgan fingerprint density at radius 1 is 1.13 bits per heavy atom. The van der Waals surface area contributed by atoms with E-state index in [-0.39, 0.29) is 18.1 Å². The van der Waals surface area contributed by atoms with Gasteiger partial charge in [0.2, 0.25) is 5.91 Å². The molecule has 2 saturated carbocycles. The number of amides is 1. The SMILES string of the molecule is O=C(CO)N1C[C@H]2C[C@@H](n3cc(Cc4ccccc4)nn3)[C@H](OCC3CC3)C[C@H]2C1. The van der Waals surface area contributed by atoms with Gasteiger partial charge >= 0.3 is 0 Å². The summed E-state index contributed by atoms with van der Waals surface area (Å²) >= 11 is 0. The van der Waals surface area contributed by atoms with Gasteiger partial charge in [-0.05, 0) is 49.0 Å². The molecule has 2 aliphatic carbocycles. The fourth-order valence-corrected chi connectivity index (χ4v) is 5.06. The van der Waals surface area contributed by atoms with E-state index in [1.165, 1.54) is 18.4 Å². The molecule has 2 heterocycles. The number of aliphatic hydroxyl groups excluding tert-OH is 1. The van der Waals surface area contributed by atoms with Crippen molar-refractivity contribution in [1.29, 1.82) is 0 Å². The fourth-order valence-electron chi connectivity index (χ4n) is 5.06. The summed E-state index contributed by atoms with van der Waals surface area (Å²) in [6.45, 7) is 1.87. The Morgan fingerprint density at radius 2 is 1.90 bits per heavy atom. The lowest BCUT2D eigenvalue weighted by molar-refractivity contribution is -0.133. The van der Waals surface area contributed by atoms with Crippen LogP contribution in [0, 0.1) is 17.8 Å². The maximum Gasteiger partial charge on any atom is 0.248 e. The first-order chi connectivity index (χ1) is 14.7. The monoisotopic (exact) mass is 410 g/mol. The molecule has 1 aromatic carbocycles. The Kier molecular flexibility index (Phi) is 5.56. The molecule has 1 N–H and O–H groups in total. The summed E-state index contributed by atoms with van der Waals surface area (Å²) in [5.74, 6) is 1.41. The van der Waals surface area contributed by atoms with Crippen molar-refractivity contribution in [3.63, 3.8) is 0 Å². The van der Waals surface area contributed by atoms with Gasteiger partial charge in [-0.2, -0.15) is 0 Å². The highest BCUT2D eigenvalue weighted by Crippen LogP contribution is 2.43. The van der Waals surface area contributed by atoms with Crippen LogP contribution in [0.1, 0.15) is 43.0 Å². The second kappa shape index (κ2) is 8.47. The summed E-state index contributed by atoms with van der Waals surface area (Å²) < 4.78 is 8.39. The van der Waals surface area contributed by atoms with E-state index >= 15 is 0 Å². The van der Waals surface area contributed by atoms with Crippen LogP contribution in [0.5, 0.6) is 0 Å². The first kappa shape index (κ1) is 19.7. The van der Waals surface area contributed by atoms with Crippen LogP contribution in [0.15, 0.2) is 36.5 Å². The Morgan fingerprint density at radius 3 is 2.63 bits per heavy atom. The molecule has 1 amide bonds. The number of aromatic nitrogens is 3. The van der Waals surface area contributed by atoms with E-state index in [0.717, 1.165) is 44.7 Å². The standard InChI is InChI=1S/C23H30N4O3/c28-14-23(29)26-11-18-9-21(22(10-19(18)12-26)30-15-17-6-7-17)27-13-20(24-25-27)8-16-4-2-1-3-5-16/h1-5,13,17-19,21-22,28H,6-12,14-15H2/t18-,19+,21-,22-/m1/s1. The number of rotatable bonds is 7. The Hall–Kier alpha value is -2.25.